The van der Waals surface area contributed by atoms with Gasteiger partial charge in [0.25, 0.3) is 0 Å². The average molecular weight is 282 g/mol. The first-order chi connectivity index (χ1) is 10.4. The molecular formula is C18H22N2O. The van der Waals surface area contributed by atoms with Crippen LogP contribution in [0, 0.1) is 0 Å². The SMILES string of the molecule is NCCc1ccccc1CN1CCCOc2ccccc21. The second-order valence-corrected chi connectivity index (χ2v) is 5.40. The third-order valence-electron chi connectivity index (χ3n) is 3.93. The van der Waals surface area contributed by atoms with Crippen LogP contribution in [0.2, 0.25) is 0 Å². The van der Waals surface area contributed by atoms with Crippen LogP contribution in [-0.2, 0) is 13.0 Å². The average Bonchev–Trinajstić information content (AvgIpc) is 2.72. The second kappa shape index (κ2) is 6.64. The lowest BCUT2D eigenvalue weighted by Gasteiger charge is -2.25. The molecular weight excluding hydrogens is 260 g/mol. The van der Waals surface area contributed by atoms with Gasteiger partial charge in [-0.1, -0.05) is 36.4 Å². The first-order valence-corrected chi connectivity index (χ1v) is 7.62. The molecule has 0 saturated carbocycles. The van der Waals surface area contributed by atoms with Crippen LogP contribution in [0.25, 0.3) is 0 Å². The van der Waals surface area contributed by atoms with Gasteiger partial charge in [0.05, 0.1) is 12.3 Å². The molecule has 3 rings (SSSR count). The molecule has 21 heavy (non-hydrogen) atoms. The quantitative estimate of drug-likeness (QED) is 0.937. The highest BCUT2D eigenvalue weighted by Crippen LogP contribution is 2.31. The summed E-state index contributed by atoms with van der Waals surface area (Å²) in [6, 6.07) is 16.9. The van der Waals surface area contributed by atoms with Gasteiger partial charge in [-0.25, -0.2) is 0 Å². The van der Waals surface area contributed by atoms with E-state index in [4.69, 9.17) is 10.5 Å². The standard InChI is InChI=1S/C18H22N2O/c19-11-10-15-6-1-2-7-16(15)14-20-12-5-13-21-18-9-4-3-8-17(18)20/h1-4,6-9H,5,10-14,19H2. The van der Waals surface area contributed by atoms with Crippen LogP contribution in [0.3, 0.4) is 0 Å². The van der Waals surface area contributed by atoms with E-state index in [-0.39, 0.29) is 0 Å². The molecule has 0 atom stereocenters. The highest BCUT2D eigenvalue weighted by molar-refractivity contribution is 5.59. The monoisotopic (exact) mass is 282 g/mol. The van der Waals surface area contributed by atoms with Crippen molar-refractivity contribution in [3.05, 3.63) is 59.7 Å². The van der Waals surface area contributed by atoms with Crippen molar-refractivity contribution in [2.45, 2.75) is 19.4 Å². The molecule has 0 aliphatic carbocycles. The van der Waals surface area contributed by atoms with Crippen LogP contribution in [-0.4, -0.2) is 19.7 Å². The summed E-state index contributed by atoms with van der Waals surface area (Å²) in [6.45, 7) is 3.42. The topological polar surface area (TPSA) is 38.5 Å². The summed E-state index contributed by atoms with van der Waals surface area (Å²) >= 11 is 0. The number of ether oxygens (including phenoxy) is 1. The fourth-order valence-electron chi connectivity index (χ4n) is 2.88. The summed E-state index contributed by atoms with van der Waals surface area (Å²) in [4.78, 5) is 2.41. The lowest BCUT2D eigenvalue weighted by atomic mass is 10.0. The van der Waals surface area contributed by atoms with E-state index >= 15 is 0 Å². The molecule has 0 amide bonds. The van der Waals surface area contributed by atoms with Crippen molar-refractivity contribution in [2.75, 3.05) is 24.6 Å². The maximum atomic E-state index is 5.83. The smallest absolute Gasteiger partial charge is 0.142 e. The zero-order valence-corrected chi connectivity index (χ0v) is 12.3. The summed E-state index contributed by atoms with van der Waals surface area (Å²) in [5.74, 6) is 0.992. The van der Waals surface area contributed by atoms with Crippen LogP contribution in [0.1, 0.15) is 17.5 Å². The number of hydrogen-bond acceptors (Lipinski definition) is 3. The second-order valence-electron chi connectivity index (χ2n) is 5.40. The van der Waals surface area contributed by atoms with E-state index < -0.39 is 0 Å². The minimum Gasteiger partial charge on any atom is -0.491 e. The summed E-state index contributed by atoms with van der Waals surface area (Å²) in [5.41, 5.74) is 9.63. The van der Waals surface area contributed by atoms with Gasteiger partial charge in [0, 0.05) is 13.1 Å². The van der Waals surface area contributed by atoms with E-state index in [0.717, 1.165) is 38.3 Å². The molecule has 2 N–H and O–H groups in total. The molecule has 0 bridgehead atoms. The third kappa shape index (κ3) is 3.19. The van der Waals surface area contributed by atoms with Crippen molar-refractivity contribution in [3.8, 4) is 5.75 Å². The molecule has 0 spiro atoms. The highest BCUT2D eigenvalue weighted by Gasteiger charge is 2.16. The number of anilines is 1. The number of benzene rings is 2. The van der Waals surface area contributed by atoms with Gasteiger partial charge in [0.15, 0.2) is 0 Å². The van der Waals surface area contributed by atoms with Gasteiger partial charge in [-0.3, -0.25) is 0 Å². The Morgan fingerprint density at radius 1 is 1.00 bits per heavy atom. The van der Waals surface area contributed by atoms with Gasteiger partial charge in [-0.05, 0) is 42.6 Å². The molecule has 2 aromatic carbocycles. The summed E-state index contributed by atoms with van der Waals surface area (Å²) < 4.78 is 5.83. The molecule has 1 heterocycles. The zero-order chi connectivity index (χ0) is 14.5. The summed E-state index contributed by atoms with van der Waals surface area (Å²) in [5, 5.41) is 0. The highest BCUT2D eigenvalue weighted by atomic mass is 16.5. The molecule has 0 unspecified atom stereocenters. The van der Waals surface area contributed by atoms with Crippen molar-refractivity contribution in [2.24, 2.45) is 5.73 Å². The molecule has 0 saturated heterocycles. The van der Waals surface area contributed by atoms with E-state index in [0.29, 0.717) is 6.54 Å². The first kappa shape index (κ1) is 14.0. The van der Waals surface area contributed by atoms with Crippen molar-refractivity contribution >= 4 is 5.69 Å². The fourth-order valence-corrected chi connectivity index (χ4v) is 2.88. The van der Waals surface area contributed by atoms with Crippen molar-refractivity contribution in [1.29, 1.82) is 0 Å². The molecule has 0 aromatic heterocycles. The van der Waals surface area contributed by atoms with Crippen molar-refractivity contribution in [3.63, 3.8) is 0 Å². The van der Waals surface area contributed by atoms with Crippen molar-refractivity contribution < 1.29 is 4.74 Å². The Morgan fingerprint density at radius 3 is 2.62 bits per heavy atom. The van der Waals surface area contributed by atoms with Gasteiger partial charge < -0.3 is 15.4 Å². The van der Waals surface area contributed by atoms with Crippen LogP contribution in [0.15, 0.2) is 48.5 Å². The number of hydrogen-bond donors (Lipinski definition) is 1. The molecule has 1 aliphatic rings. The van der Waals surface area contributed by atoms with E-state index in [2.05, 4.69) is 47.4 Å². The largest absolute Gasteiger partial charge is 0.491 e. The molecule has 1 aliphatic heterocycles. The maximum Gasteiger partial charge on any atom is 0.142 e. The molecule has 0 radical (unpaired) electrons. The molecule has 2 aromatic rings. The number of para-hydroxylation sites is 2. The van der Waals surface area contributed by atoms with Crippen LogP contribution in [0.5, 0.6) is 5.75 Å². The molecule has 3 heteroatoms. The van der Waals surface area contributed by atoms with Crippen LogP contribution >= 0.6 is 0 Å². The Bertz CT molecular complexity index is 597. The molecule has 110 valence electrons. The van der Waals surface area contributed by atoms with E-state index in [1.54, 1.807) is 0 Å². The fraction of sp³-hybridized carbons (Fsp3) is 0.333. The normalized spacial score (nSPS) is 14.2. The molecule has 3 nitrogen and oxygen atoms in total. The first-order valence-electron chi connectivity index (χ1n) is 7.62. The predicted octanol–water partition coefficient (Wildman–Crippen LogP) is 2.98. The van der Waals surface area contributed by atoms with E-state index in [1.807, 2.05) is 6.07 Å². The Kier molecular flexibility index (Phi) is 4.41. The Morgan fingerprint density at radius 2 is 1.76 bits per heavy atom. The van der Waals surface area contributed by atoms with Gasteiger partial charge in [-0.15, -0.1) is 0 Å². The van der Waals surface area contributed by atoms with Gasteiger partial charge in [0.2, 0.25) is 0 Å². The Balaban J connectivity index is 1.88. The van der Waals surface area contributed by atoms with Gasteiger partial charge in [0.1, 0.15) is 5.75 Å². The van der Waals surface area contributed by atoms with Crippen LogP contribution in [0.4, 0.5) is 5.69 Å². The lowest BCUT2D eigenvalue weighted by molar-refractivity contribution is 0.322. The zero-order valence-electron chi connectivity index (χ0n) is 12.3. The van der Waals surface area contributed by atoms with E-state index in [1.165, 1.54) is 16.8 Å². The number of fused-ring (bicyclic) bond motifs is 1. The maximum absolute atomic E-state index is 5.83. The number of nitrogens with two attached hydrogens (primary N) is 1. The lowest BCUT2D eigenvalue weighted by Crippen LogP contribution is -2.24. The summed E-state index contributed by atoms with van der Waals surface area (Å²) in [6.07, 6.45) is 1.98. The van der Waals surface area contributed by atoms with Gasteiger partial charge >= 0.3 is 0 Å². The minimum absolute atomic E-state index is 0.691. The van der Waals surface area contributed by atoms with Crippen molar-refractivity contribution in [1.82, 2.24) is 0 Å². The number of nitrogens with zero attached hydrogens (tertiary/aromatic N) is 1. The Labute approximate surface area is 126 Å². The summed E-state index contributed by atoms with van der Waals surface area (Å²) in [7, 11) is 0. The van der Waals surface area contributed by atoms with E-state index in [9.17, 15) is 0 Å². The number of rotatable bonds is 4. The third-order valence-corrected chi connectivity index (χ3v) is 3.93. The predicted molar refractivity (Wildman–Crippen MR) is 86.8 cm³/mol. The molecule has 0 fully saturated rings. The minimum atomic E-state index is 0.691. The van der Waals surface area contributed by atoms with Gasteiger partial charge in [-0.2, -0.15) is 0 Å². The van der Waals surface area contributed by atoms with Crippen LogP contribution < -0.4 is 15.4 Å². The Hall–Kier alpha value is -2.00.